The van der Waals surface area contributed by atoms with Gasteiger partial charge in [-0.2, -0.15) is 0 Å². The molecule has 0 aliphatic carbocycles. The lowest BCUT2D eigenvalue weighted by Crippen LogP contribution is -2.41. The summed E-state index contributed by atoms with van der Waals surface area (Å²) in [6.07, 6.45) is -0.464. The normalized spacial score (nSPS) is 17.1. The number of nitrogens with zero attached hydrogens (tertiary/aromatic N) is 3. The Hall–Kier alpha value is -1.41. The van der Waals surface area contributed by atoms with Gasteiger partial charge < -0.3 is 9.84 Å². The number of fused-ring (bicyclic) bond motifs is 1. The van der Waals surface area contributed by atoms with Crippen LogP contribution in [0.25, 0.3) is 10.9 Å². The standard InChI is InChI=1S/C19H27N3O3S/c1-14(2)11-22-18(24)16-5-3-4-6-17(16)20-19(22)26-13-15(23)12-21-7-9-25-10-8-21/h3-6,14-15,23H,7-13H2,1-2H3/t15-/m0/s1. The van der Waals surface area contributed by atoms with Crippen molar-refractivity contribution in [1.29, 1.82) is 0 Å². The van der Waals surface area contributed by atoms with Gasteiger partial charge >= 0.3 is 0 Å². The molecule has 1 atom stereocenters. The van der Waals surface area contributed by atoms with Crippen molar-refractivity contribution in [2.45, 2.75) is 31.7 Å². The van der Waals surface area contributed by atoms with Crippen molar-refractivity contribution in [3.05, 3.63) is 34.6 Å². The average Bonchev–Trinajstić information content (AvgIpc) is 2.63. The van der Waals surface area contributed by atoms with Gasteiger partial charge in [0, 0.05) is 31.9 Å². The SMILES string of the molecule is CC(C)Cn1c(SC[C@@H](O)CN2CCOCC2)nc2ccccc2c1=O. The van der Waals surface area contributed by atoms with E-state index in [4.69, 9.17) is 4.74 Å². The summed E-state index contributed by atoms with van der Waals surface area (Å²) in [5.41, 5.74) is 0.706. The molecule has 3 rings (SSSR count). The van der Waals surface area contributed by atoms with Gasteiger partial charge in [-0.1, -0.05) is 37.7 Å². The second-order valence-electron chi connectivity index (χ2n) is 7.10. The number of morpholine rings is 1. The van der Waals surface area contributed by atoms with Crippen LogP contribution in [0, 0.1) is 5.92 Å². The van der Waals surface area contributed by atoms with Crippen molar-refractivity contribution in [2.75, 3.05) is 38.6 Å². The second kappa shape index (κ2) is 8.99. The highest BCUT2D eigenvalue weighted by molar-refractivity contribution is 7.99. The van der Waals surface area contributed by atoms with Gasteiger partial charge in [0.2, 0.25) is 0 Å². The van der Waals surface area contributed by atoms with Crippen LogP contribution in [0.15, 0.2) is 34.2 Å². The monoisotopic (exact) mass is 377 g/mol. The van der Waals surface area contributed by atoms with E-state index in [0.717, 1.165) is 26.3 Å². The molecule has 6 nitrogen and oxygen atoms in total. The fourth-order valence-corrected chi connectivity index (χ4v) is 4.01. The Balaban J connectivity index is 1.76. The Morgan fingerprint density at radius 3 is 2.69 bits per heavy atom. The molecule has 1 aromatic carbocycles. The highest BCUT2D eigenvalue weighted by Crippen LogP contribution is 2.20. The molecule has 1 N–H and O–H groups in total. The largest absolute Gasteiger partial charge is 0.391 e. The summed E-state index contributed by atoms with van der Waals surface area (Å²) < 4.78 is 7.09. The Labute approximate surface area is 158 Å². The number of aromatic nitrogens is 2. The Morgan fingerprint density at radius 1 is 1.23 bits per heavy atom. The van der Waals surface area contributed by atoms with Crippen molar-refractivity contribution in [3.63, 3.8) is 0 Å². The highest BCUT2D eigenvalue weighted by Gasteiger charge is 2.17. The molecule has 142 valence electrons. The Morgan fingerprint density at radius 2 is 1.96 bits per heavy atom. The minimum Gasteiger partial charge on any atom is -0.391 e. The van der Waals surface area contributed by atoms with Crippen LogP contribution in [-0.2, 0) is 11.3 Å². The molecular weight excluding hydrogens is 350 g/mol. The van der Waals surface area contributed by atoms with Crippen molar-refractivity contribution in [2.24, 2.45) is 5.92 Å². The number of para-hydroxylation sites is 1. The van der Waals surface area contributed by atoms with Crippen LogP contribution in [-0.4, -0.2) is 64.3 Å². The number of hydrogen-bond acceptors (Lipinski definition) is 6. The van der Waals surface area contributed by atoms with E-state index in [-0.39, 0.29) is 5.56 Å². The van der Waals surface area contributed by atoms with E-state index in [1.165, 1.54) is 11.8 Å². The molecule has 0 radical (unpaired) electrons. The maximum Gasteiger partial charge on any atom is 0.262 e. The third-order valence-corrected chi connectivity index (χ3v) is 5.47. The molecule has 2 aromatic rings. The number of ether oxygens (including phenoxy) is 1. The zero-order chi connectivity index (χ0) is 18.5. The van der Waals surface area contributed by atoms with Crippen molar-refractivity contribution in [1.82, 2.24) is 14.5 Å². The lowest BCUT2D eigenvalue weighted by atomic mass is 10.2. The van der Waals surface area contributed by atoms with Gasteiger partial charge in [0.05, 0.1) is 30.2 Å². The Bertz CT molecular complexity index is 787. The van der Waals surface area contributed by atoms with Crippen LogP contribution < -0.4 is 5.56 Å². The average molecular weight is 378 g/mol. The molecule has 1 aromatic heterocycles. The van der Waals surface area contributed by atoms with E-state index in [9.17, 15) is 9.90 Å². The van der Waals surface area contributed by atoms with Gasteiger partial charge in [0.15, 0.2) is 5.16 Å². The number of thioether (sulfide) groups is 1. The van der Waals surface area contributed by atoms with E-state index in [1.807, 2.05) is 24.3 Å². The summed E-state index contributed by atoms with van der Waals surface area (Å²) in [7, 11) is 0. The molecule has 1 aliphatic heterocycles. The summed E-state index contributed by atoms with van der Waals surface area (Å²) in [5, 5.41) is 11.7. The summed E-state index contributed by atoms with van der Waals surface area (Å²) in [6, 6.07) is 7.45. The van der Waals surface area contributed by atoms with E-state index in [2.05, 4.69) is 23.7 Å². The summed E-state index contributed by atoms with van der Waals surface area (Å²) >= 11 is 1.46. The summed E-state index contributed by atoms with van der Waals surface area (Å²) in [5.74, 6) is 0.855. The van der Waals surface area contributed by atoms with E-state index < -0.39 is 6.10 Å². The predicted octanol–water partition coefficient (Wildman–Crippen LogP) is 1.84. The van der Waals surface area contributed by atoms with Crippen LogP contribution in [0.3, 0.4) is 0 Å². The molecule has 0 saturated carbocycles. The van der Waals surface area contributed by atoms with Crippen LogP contribution >= 0.6 is 11.8 Å². The molecular formula is C19H27N3O3S. The van der Waals surface area contributed by atoms with E-state index >= 15 is 0 Å². The van der Waals surface area contributed by atoms with Gasteiger partial charge in [-0.3, -0.25) is 14.3 Å². The number of rotatable bonds is 7. The maximum atomic E-state index is 12.9. The van der Waals surface area contributed by atoms with E-state index in [0.29, 0.717) is 40.8 Å². The van der Waals surface area contributed by atoms with Crippen LogP contribution in [0.2, 0.25) is 0 Å². The zero-order valence-corrected chi connectivity index (χ0v) is 16.2. The predicted molar refractivity (Wildman–Crippen MR) is 105 cm³/mol. The fourth-order valence-electron chi connectivity index (χ4n) is 3.09. The minimum atomic E-state index is -0.464. The fraction of sp³-hybridized carbons (Fsp3) is 0.579. The molecule has 1 fully saturated rings. The molecule has 0 bridgehead atoms. The lowest BCUT2D eigenvalue weighted by Gasteiger charge is -2.28. The first-order valence-electron chi connectivity index (χ1n) is 9.15. The third-order valence-electron chi connectivity index (χ3n) is 4.35. The lowest BCUT2D eigenvalue weighted by molar-refractivity contribution is 0.0188. The summed E-state index contributed by atoms with van der Waals surface area (Å²) in [4.78, 5) is 19.8. The number of benzene rings is 1. The zero-order valence-electron chi connectivity index (χ0n) is 15.4. The van der Waals surface area contributed by atoms with E-state index in [1.54, 1.807) is 4.57 Å². The topological polar surface area (TPSA) is 67.6 Å². The molecule has 2 heterocycles. The molecule has 0 spiro atoms. The quantitative estimate of drug-likeness (QED) is 0.587. The van der Waals surface area contributed by atoms with Crippen LogP contribution in [0.5, 0.6) is 0 Å². The number of β-amino-alcohol motifs (C(OH)–C–C–N with tert-alkyl or cyclic N) is 1. The van der Waals surface area contributed by atoms with Crippen molar-refractivity contribution >= 4 is 22.7 Å². The molecule has 7 heteroatoms. The van der Waals surface area contributed by atoms with Crippen LogP contribution in [0.1, 0.15) is 13.8 Å². The number of aliphatic hydroxyl groups is 1. The second-order valence-corrected chi connectivity index (χ2v) is 8.09. The van der Waals surface area contributed by atoms with Gasteiger partial charge in [-0.05, 0) is 18.1 Å². The molecule has 0 amide bonds. The first-order chi connectivity index (χ1) is 12.5. The van der Waals surface area contributed by atoms with Gasteiger partial charge in [0.1, 0.15) is 0 Å². The molecule has 1 saturated heterocycles. The minimum absolute atomic E-state index is 0.00512. The first-order valence-corrected chi connectivity index (χ1v) is 10.1. The molecule has 1 aliphatic rings. The maximum absolute atomic E-state index is 12.9. The smallest absolute Gasteiger partial charge is 0.262 e. The third kappa shape index (κ3) is 4.85. The highest BCUT2D eigenvalue weighted by atomic mass is 32.2. The summed E-state index contributed by atoms with van der Waals surface area (Å²) in [6.45, 7) is 8.58. The first kappa shape index (κ1) is 19.4. The Kier molecular flexibility index (Phi) is 6.69. The number of aliphatic hydroxyl groups excluding tert-OH is 1. The van der Waals surface area contributed by atoms with Crippen molar-refractivity contribution < 1.29 is 9.84 Å². The van der Waals surface area contributed by atoms with Crippen LogP contribution in [0.4, 0.5) is 0 Å². The van der Waals surface area contributed by atoms with Gasteiger partial charge in [-0.15, -0.1) is 0 Å². The number of hydrogen-bond donors (Lipinski definition) is 1. The molecule has 0 unspecified atom stereocenters. The molecule has 26 heavy (non-hydrogen) atoms. The van der Waals surface area contributed by atoms with Gasteiger partial charge in [0.25, 0.3) is 5.56 Å². The van der Waals surface area contributed by atoms with Gasteiger partial charge in [-0.25, -0.2) is 4.98 Å². The van der Waals surface area contributed by atoms with Crippen molar-refractivity contribution in [3.8, 4) is 0 Å².